The molecule has 0 aliphatic heterocycles. The van der Waals surface area contributed by atoms with Crippen molar-refractivity contribution in [3.63, 3.8) is 0 Å². The number of nitrogens with zero attached hydrogens (tertiary/aromatic N) is 2. The fourth-order valence-electron chi connectivity index (χ4n) is 2.29. The summed E-state index contributed by atoms with van der Waals surface area (Å²) >= 11 is 0. The van der Waals surface area contributed by atoms with E-state index < -0.39 is 0 Å². The summed E-state index contributed by atoms with van der Waals surface area (Å²) in [6.45, 7) is 11.9. The smallest absolute Gasteiger partial charge is 0.169 e. The molecule has 1 rings (SSSR count). The topological polar surface area (TPSA) is 34.9 Å². The van der Waals surface area contributed by atoms with Crippen LogP contribution >= 0.6 is 0 Å². The van der Waals surface area contributed by atoms with Crippen molar-refractivity contribution >= 4 is 11.9 Å². The van der Waals surface area contributed by atoms with Crippen LogP contribution in [0.25, 0.3) is 6.08 Å². The van der Waals surface area contributed by atoms with Crippen molar-refractivity contribution in [1.29, 1.82) is 0 Å². The number of hydrogen-bond acceptors (Lipinski definition) is 2. The Morgan fingerprint density at radius 3 is 2.33 bits per heavy atom. The Bertz CT molecular complexity index is 440. The van der Waals surface area contributed by atoms with Crippen molar-refractivity contribution in [3.05, 3.63) is 23.5 Å². The monoisotopic (exact) mass is 248 g/mol. The molecule has 0 N–H and O–H groups in total. The molecule has 3 nitrogen and oxygen atoms in total. The Hall–Kier alpha value is -1.38. The molecule has 0 fully saturated rings. The third kappa shape index (κ3) is 2.55. The van der Waals surface area contributed by atoms with E-state index in [1.54, 1.807) is 10.8 Å². The van der Waals surface area contributed by atoms with Gasteiger partial charge >= 0.3 is 0 Å². The van der Waals surface area contributed by atoms with Crippen LogP contribution in [-0.2, 0) is 7.05 Å². The predicted octanol–water partition coefficient (Wildman–Crippen LogP) is 3.81. The average Bonchev–Trinajstić information content (AvgIpc) is 2.66. The van der Waals surface area contributed by atoms with Crippen molar-refractivity contribution in [1.82, 2.24) is 9.78 Å². The maximum atomic E-state index is 12.4. The summed E-state index contributed by atoms with van der Waals surface area (Å²) in [5.41, 5.74) is 2.56. The fourth-order valence-corrected chi connectivity index (χ4v) is 2.29. The van der Waals surface area contributed by atoms with Gasteiger partial charge in [0.1, 0.15) is 0 Å². The van der Waals surface area contributed by atoms with Crippen molar-refractivity contribution in [3.8, 4) is 0 Å². The summed E-state index contributed by atoms with van der Waals surface area (Å²) in [5.74, 6) is 0.503. The lowest BCUT2D eigenvalue weighted by Gasteiger charge is -2.12. The van der Waals surface area contributed by atoms with Crippen LogP contribution in [0.3, 0.4) is 0 Å². The minimum Gasteiger partial charge on any atom is -0.294 e. The molecule has 0 unspecified atom stereocenters. The Labute approximate surface area is 110 Å². The van der Waals surface area contributed by atoms with Gasteiger partial charge in [-0.25, -0.2) is 0 Å². The van der Waals surface area contributed by atoms with Crippen LogP contribution < -0.4 is 0 Å². The van der Waals surface area contributed by atoms with Crippen molar-refractivity contribution < 1.29 is 4.79 Å². The molecule has 0 amide bonds. The number of aryl methyl sites for hydroxylation is 1. The number of rotatable bonds is 6. The third-order valence-corrected chi connectivity index (χ3v) is 3.46. The van der Waals surface area contributed by atoms with Crippen LogP contribution in [-0.4, -0.2) is 15.6 Å². The molecule has 18 heavy (non-hydrogen) atoms. The molecule has 100 valence electrons. The number of ketones is 1. The molecule has 0 saturated heterocycles. The highest BCUT2D eigenvalue weighted by molar-refractivity contribution is 6.01. The van der Waals surface area contributed by atoms with Crippen LogP contribution in [0.15, 0.2) is 6.58 Å². The molecule has 3 heteroatoms. The minimum absolute atomic E-state index is 0.0130. The fraction of sp³-hybridized carbons (Fsp3) is 0.600. The highest BCUT2D eigenvalue weighted by atomic mass is 16.1. The first-order chi connectivity index (χ1) is 8.47. The van der Waals surface area contributed by atoms with E-state index in [-0.39, 0.29) is 11.7 Å². The Balaban J connectivity index is 3.43. The SMILES string of the molecule is C=Cc1c(C(=O)C(C)C)c(C(CC)CC)nn1C. The standard InChI is InChI=1S/C15H24N2O/c1-7-11(8-2)14-13(15(18)10(4)5)12(9-3)17(6)16-14/h9-11H,3,7-8H2,1-2,4-6H3. The predicted molar refractivity (Wildman–Crippen MR) is 75.8 cm³/mol. The van der Waals surface area contributed by atoms with E-state index in [4.69, 9.17) is 0 Å². The molecule has 1 heterocycles. The van der Waals surface area contributed by atoms with Crippen LogP contribution in [0.5, 0.6) is 0 Å². The van der Waals surface area contributed by atoms with Crippen LogP contribution in [0.2, 0.25) is 0 Å². The van der Waals surface area contributed by atoms with Gasteiger partial charge in [-0.1, -0.05) is 34.3 Å². The van der Waals surface area contributed by atoms with Crippen LogP contribution in [0.4, 0.5) is 0 Å². The first-order valence-electron chi connectivity index (χ1n) is 6.71. The molecule has 0 aliphatic rings. The van der Waals surface area contributed by atoms with E-state index in [2.05, 4.69) is 25.5 Å². The largest absolute Gasteiger partial charge is 0.294 e. The summed E-state index contributed by atoms with van der Waals surface area (Å²) in [6, 6.07) is 0. The summed E-state index contributed by atoms with van der Waals surface area (Å²) in [5, 5.41) is 4.55. The average molecular weight is 248 g/mol. The van der Waals surface area contributed by atoms with Crippen LogP contribution in [0.1, 0.15) is 68.2 Å². The van der Waals surface area contributed by atoms with Gasteiger partial charge in [0.15, 0.2) is 5.78 Å². The normalized spacial score (nSPS) is 11.3. The number of carbonyl (C=O) groups is 1. The van der Waals surface area contributed by atoms with E-state index in [0.717, 1.165) is 29.8 Å². The molecule has 1 aromatic rings. The summed E-state index contributed by atoms with van der Waals surface area (Å²) in [6.07, 6.45) is 3.74. The second kappa shape index (κ2) is 5.98. The van der Waals surface area contributed by atoms with Crippen molar-refractivity contribution in [2.45, 2.75) is 46.5 Å². The lowest BCUT2D eigenvalue weighted by Crippen LogP contribution is -2.12. The Kier molecular flexibility index (Phi) is 4.88. The third-order valence-electron chi connectivity index (χ3n) is 3.46. The summed E-state index contributed by atoms with van der Waals surface area (Å²) < 4.78 is 1.77. The molecular weight excluding hydrogens is 224 g/mol. The Morgan fingerprint density at radius 2 is 1.94 bits per heavy atom. The second-order valence-electron chi connectivity index (χ2n) is 5.01. The zero-order valence-corrected chi connectivity index (χ0v) is 12.2. The van der Waals surface area contributed by atoms with Gasteiger partial charge in [-0.3, -0.25) is 9.48 Å². The minimum atomic E-state index is -0.0130. The van der Waals surface area contributed by atoms with Gasteiger partial charge in [-0.15, -0.1) is 0 Å². The first kappa shape index (κ1) is 14.7. The zero-order valence-electron chi connectivity index (χ0n) is 12.2. The molecule has 0 saturated carbocycles. The van der Waals surface area contributed by atoms with E-state index in [0.29, 0.717) is 5.92 Å². The first-order valence-corrected chi connectivity index (χ1v) is 6.71. The van der Waals surface area contributed by atoms with E-state index in [1.165, 1.54) is 0 Å². The lowest BCUT2D eigenvalue weighted by atomic mass is 9.90. The number of Topliss-reactive ketones (excluding diaryl/α,β-unsaturated/α-hetero) is 1. The van der Waals surface area contributed by atoms with E-state index in [1.807, 2.05) is 20.9 Å². The number of carbonyl (C=O) groups excluding carboxylic acids is 1. The van der Waals surface area contributed by atoms with Gasteiger partial charge in [0.2, 0.25) is 0 Å². The maximum Gasteiger partial charge on any atom is 0.169 e. The zero-order chi connectivity index (χ0) is 13.9. The van der Waals surface area contributed by atoms with E-state index >= 15 is 0 Å². The van der Waals surface area contributed by atoms with Gasteiger partial charge in [0, 0.05) is 18.9 Å². The van der Waals surface area contributed by atoms with Gasteiger partial charge in [0.25, 0.3) is 0 Å². The van der Waals surface area contributed by atoms with Gasteiger partial charge in [0.05, 0.1) is 17.0 Å². The molecule has 1 aromatic heterocycles. The Morgan fingerprint density at radius 1 is 1.39 bits per heavy atom. The van der Waals surface area contributed by atoms with Crippen molar-refractivity contribution in [2.75, 3.05) is 0 Å². The summed E-state index contributed by atoms with van der Waals surface area (Å²) in [7, 11) is 1.88. The van der Waals surface area contributed by atoms with Crippen LogP contribution in [0, 0.1) is 5.92 Å². The molecular formula is C15H24N2O. The molecule has 0 bridgehead atoms. The highest BCUT2D eigenvalue weighted by Gasteiger charge is 2.26. The maximum absolute atomic E-state index is 12.4. The van der Waals surface area contributed by atoms with Gasteiger partial charge < -0.3 is 0 Å². The molecule has 0 spiro atoms. The number of hydrogen-bond donors (Lipinski definition) is 0. The molecule has 0 aliphatic carbocycles. The molecule has 0 aromatic carbocycles. The molecule has 0 radical (unpaired) electrons. The second-order valence-corrected chi connectivity index (χ2v) is 5.01. The van der Waals surface area contributed by atoms with Gasteiger partial charge in [-0.2, -0.15) is 5.10 Å². The van der Waals surface area contributed by atoms with Gasteiger partial charge in [-0.05, 0) is 18.9 Å². The lowest BCUT2D eigenvalue weighted by molar-refractivity contribution is 0.0937. The highest BCUT2D eigenvalue weighted by Crippen LogP contribution is 2.29. The quantitative estimate of drug-likeness (QED) is 0.718. The van der Waals surface area contributed by atoms with Crippen molar-refractivity contribution in [2.24, 2.45) is 13.0 Å². The summed E-state index contributed by atoms with van der Waals surface area (Å²) in [4.78, 5) is 12.4. The van der Waals surface area contributed by atoms with E-state index in [9.17, 15) is 4.79 Å². The molecule has 0 atom stereocenters. The number of aromatic nitrogens is 2.